The second-order valence-corrected chi connectivity index (χ2v) is 5.14. The van der Waals surface area contributed by atoms with Crippen LogP contribution in [0.4, 0.5) is 13.2 Å². The lowest BCUT2D eigenvalue weighted by Gasteiger charge is -2.19. The fourth-order valence-electron chi connectivity index (χ4n) is 1.42. The van der Waals surface area contributed by atoms with Crippen LogP contribution >= 0.6 is 34.2 Å². The number of nitrogens with two attached hydrogens (primary N) is 1. The minimum absolute atomic E-state index is 0.115. The lowest BCUT2D eigenvalue weighted by atomic mass is 10.0. The van der Waals surface area contributed by atoms with Crippen molar-refractivity contribution in [1.29, 1.82) is 0 Å². The van der Waals surface area contributed by atoms with E-state index in [1.807, 2.05) is 22.6 Å². The van der Waals surface area contributed by atoms with Gasteiger partial charge in [-0.3, -0.25) is 11.3 Å². The van der Waals surface area contributed by atoms with Crippen molar-refractivity contribution in [3.8, 4) is 0 Å². The van der Waals surface area contributed by atoms with Crippen LogP contribution in [0.2, 0.25) is 5.02 Å². The van der Waals surface area contributed by atoms with Crippen molar-refractivity contribution in [2.24, 2.45) is 5.84 Å². The highest BCUT2D eigenvalue weighted by Crippen LogP contribution is 2.30. The average Bonchev–Trinajstić information content (AvgIpc) is 2.22. The van der Waals surface area contributed by atoms with E-state index in [1.165, 1.54) is 0 Å². The van der Waals surface area contributed by atoms with Crippen LogP contribution in [0, 0.1) is 3.57 Å². The fraction of sp³-hybridized carbons (Fsp3) is 0.400. The molecule has 0 spiro atoms. The number of rotatable bonds is 4. The molecule has 0 aliphatic rings. The Morgan fingerprint density at radius 3 is 2.59 bits per heavy atom. The molecule has 96 valence electrons. The maximum Gasteiger partial charge on any atom is 0.389 e. The highest BCUT2D eigenvalue weighted by Gasteiger charge is 2.29. The first kappa shape index (κ1) is 15.0. The summed E-state index contributed by atoms with van der Waals surface area (Å²) in [7, 11) is 0. The summed E-state index contributed by atoms with van der Waals surface area (Å²) in [5, 5.41) is 0.479. The van der Waals surface area contributed by atoms with Gasteiger partial charge in [-0.1, -0.05) is 11.6 Å². The van der Waals surface area contributed by atoms with E-state index in [0.717, 1.165) is 3.57 Å². The van der Waals surface area contributed by atoms with E-state index >= 15 is 0 Å². The van der Waals surface area contributed by atoms with E-state index in [4.69, 9.17) is 17.4 Å². The van der Waals surface area contributed by atoms with Gasteiger partial charge in [0.1, 0.15) is 0 Å². The minimum Gasteiger partial charge on any atom is -0.271 e. The molecule has 0 amide bonds. The predicted octanol–water partition coefficient (Wildman–Crippen LogP) is 3.79. The van der Waals surface area contributed by atoms with Crippen molar-refractivity contribution in [2.45, 2.75) is 25.1 Å². The molecular formula is C10H11ClF3IN2. The number of alkyl halides is 3. The van der Waals surface area contributed by atoms with Crippen molar-refractivity contribution in [1.82, 2.24) is 5.43 Å². The quantitative estimate of drug-likeness (QED) is 0.475. The molecule has 7 heteroatoms. The highest BCUT2D eigenvalue weighted by atomic mass is 127. The Labute approximate surface area is 116 Å². The summed E-state index contributed by atoms with van der Waals surface area (Å²) in [6.07, 6.45) is -5.18. The second-order valence-electron chi connectivity index (χ2n) is 3.54. The van der Waals surface area contributed by atoms with Crippen LogP contribution < -0.4 is 11.3 Å². The molecule has 1 rings (SSSR count). The number of benzene rings is 1. The van der Waals surface area contributed by atoms with E-state index in [2.05, 4.69) is 5.43 Å². The van der Waals surface area contributed by atoms with Crippen LogP contribution in [0.15, 0.2) is 18.2 Å². The summed E-state index contributed by atoms with van der Waals surface area (Å²) in [6, 6.07) is 4.51. The van der Waals surface area contributed by atoms with Crippen molar-refractivity contribution >= 4 is 34.2 Å². The van der Waals surface area contributed by atoms with Gasteiger partial charge in [0, 0.05) is 21.1 Å². The maximum atomic E-state index is 12.2. The van der Waals surface area contributed by atoms with Gasteiger partial charge in [0.05, 0.1) is 0 Å². The molecule has 0 aliphatic carbocycles. The van der Waals surface area contributed by atoms with E-state index in [9.17, 15) is 13.2 Å². The van der Waals surface area contributed by atoms with Gasteiger partial charge in [-0.05, 0) is 52.8 Å². The standard InChI is InChI=1S/C10H11ClF3IN2/c11-6-1-2-8(15)7(5-6)9(17-16)3-4-10(12,13)14/h1-2,5,9,17H,3-4,16H2. The molecule has 17 heavy (non-hydrogen) atoms. The van der Waals surface area contributed by atoms with Crippen LogP contribution in [0.5, 0.6) is 0 Å². The number of halogens is 5. The van der Waals surface area contributed by atoms with Gasteiger partial charge in [-0.15, -0.1) is 0 Å². The van der Waals surface area contributed by atoms with Crippen LogP contribution in [-0.2, 0) is 0 Å². The largest absolute Gasteiger partial charge is 0.389 e. The monoisotopic (exact) mass is 378 g/mol. The summed E-state index contributed by atoms with van der Waals surface area (Å²) in [5.41, 5.74) is 3.08. The fourth-order valence-corrected chi connectivity index (χ4v) is 2.31. The van der Waals surface area contributed by atoms with Crippen molar-refractivity contribution in [2.75, 3.05) is 0 Å². The third-order valence-corrected chi connectivity index (χ3v) is 3.47. The third kappa shape index (κ3) is 4.99. The molecule has 2 nitrogen and oxygen atoms in total. The molecule has 1 aromatic rings. The van der Waals surface area contributed by atoms with Crippen LogP contribution in [-0.4, -0.2) is 6.18 Å². The lowest BCUT2D eigenvalue weighted by Crippen LogP contribution is -2.29. The number of hydrogen-bond donors (Lipinski definition) is 2. The first-order valence-electron chi connectivity index (χ1n) is 4.81. The van der Waals surface area contributed by atoms with E-state index in [-0.39, 0.29) is 6.42 Å². The van der Waals surface area contributed by atoms with Gasteiger partial charge in [-0.25, -0.2) is 0 Å². The lowest BCUT2D eigenvalue weighted by molar-refractivity contribution is -0.136. The maximum absolute atomic E-state index is 12.2. The zero-order chi connectivity index (χ0) is 13.1. The molecule has 0 fully saturated rings. The first-order valence-corrected chi connectivity index (χ1v) is 6.27. The van der Waals surface area contributed by atoms with Gasteiger partial charge in [0.15, 0.2) is 0 Å². The van der Waals surface area contributed by atoms with Gasteiger partial charge in [0.25, 0.3) is 0 Å². The Kier molecular flexibility index (Phi) is 5.49. The Bertz CT molecular complexity index is 384. The molecule has 0 aliphatic heterocycles. The highest BCUT2D eigenvalue weighted by molar-refractivity contribution is 14.1. The second kappa shape index (κ2) is 6.21. The molecular weight excluding hydrogens is 367 g/mol. The molecule has 0 heterocycles. The molecule has 0 bridgehead atoms. The smallest absolute Gasteiger partial charge is 0.271 e. The van der Waals surface area contributed by atoms with E-state index in [1.54, 1.807) is 18.2 Å². The third-order valence-electron chi connectivity index (χ3n) is 2.25. The molecule has 0 saturated carbocycles. The zero-order valence-electron chi connectivity index (χ0n) is 8.69. The summed E-state index contributed by atoms with van der Waals surface area (Å²) in [6.45, 7) is 0. The minimum atomic E-state index is -4.18. The molecule has 3 N–H and O–H groups in total. The first-order chi connectivity index (χ1) is 7.83. The van der Waals surface area contributed by atoms with Crippen molar-refractivity contribution < 1.29 is 13.2 Å². The molecule has 1 aromatic carbocycles. The predicted molar refractivity (Wildman–Crippen MR) is 69.5 cm³/mol. The van der Waals surface area contributed by atoms with Crippen LogP contribution in [0.1, 0.15) is 24.4 Å². The van der Waals surface area contributed by atoms with Gasteiger partial charge in [0.2, 0.25) is 0 Å². The zero-order valence-corrected chi connectivity index (χ0v) is 11.6. The number of nitrogens with one attached hydrogen (secondary N) is 1. The summed E-state index contributed by atoms with van der Waals surface area (Å²) in [4.78, 5) is 0. The van der Waals surface area contributed by atoms with Gasteiger partial charge in [-0.2, -0.15) is 13.2 Å². The van der Waals surface area contributed by atoms with E-state index < -0.39 is 18.6 Å². The SMILES string of the molecule is NNC(CCC(F)(F)F)c1cc(Cl)ccc1I. The Morgan fingerprint density at radius 1 is 1.41 bits per heavy atom. The molecule has 0 radical (unpaired) electrons. The Hall–Kier alpha value is -0.0500. The molecule has 0 aromatic heterocycles. The topological polar surface area (TPSA) is 38.0 Å². The number of hydrogen-bond acceptors (Lipinski definition) is 2. The summed E-state index contributed by atoms with van der Waals surface area (Å²) < 4.78 is 37.3. The van der Waals surface area contributed by atoms with Crippen LogP contribution in [0.25, 0.3) is 0 Å². The Morgan fingerprint density at radius 2 is 2.06 bits per heavy atom. The van der Waals surface area contributed by atoms with Crippen molar-refractivity contribution in [3.05, 3.63) is 32.4 Å². The summed E-state index contributed by atoms with van der Waals surface area (Å²) in [5.74, 6) is 5.29. The van der Waals surface area contributed by atoms with Gasteiger partial charge >= 0.3 is 6.18 Å². The van der Waals surface area contributed by atoms with Gasteiger partial charge < -0.3 is 0 Å². The van der Waals surface area contributed by atoms with E-state index in [0.29, 0.717) is 10.6 Å². The molecule has 0 saturated heterocycles. The van der Waals surface area contributed by atoms with Crippen LogP contribution in [0.3, 0.4) is 0 Å². The van der Waals surface area contributed by atoms with Crippen molar-refractivity contribution in [3.63, 3.8) is 0 Å². The average molecular weight is 379 g/mol. The summed E-state index contributed by atoms with van der Waals surface area (Å²) >= 11 is 7.85. The number of hydrazine groups is 1. The normalized spacial score (nSPS) is 13.8. The Balaban J connectivity index is 2.82. The molecule has 1 unspecified atom stereocenters. The molecule has 1 atom stereocenters.